The Kier molecular flexibility index (Phi) is 2.71. The highest BCUT2D eigenvalue weighted by atomic mass is 35.5. The highest BCUT2D eigenvalue weighted by Gasteiger charge is 2.03. The van der Waals surface area contributed by atoms with Gasteiger partial charge in [-0.2, -0.15) is 0 Å². The first-order chi connectivity index (χ1) is 5.63. The highest BCUT2D eigenvalue weighted by molar-refractivity contribution is 6.31. The fourth-order valence-electron chi connectivity index (χ4n) is 1.01. The predicted octanol–water partition coefficient (Wildman–Crippen LogP) is 2.01. The molecule has 0 heterocycles. The summed E-state index contributed by atoms with van der Waals surface area (Å²) in [5.74, 6) is -0.111. The topological polar surface area (TPSA) is 29.1 Å². The Bertz CT molecular complexity index is 289. The lowest BCUT2D eigenvalue weighted by molar-refractivity contribution is 0.0963. The molecule has 0 aliphatic carbocycles. The third-order valence-corrected chi connectivity index (χ3v) is 1.75. The lowest BCUT2D eigenvalue weighted by Gasteiger charge is -2.01. The number of amides is 1. The molecule has 0 bridgehead atoms. The predicted molar refractivity (Wildman–Crippen MR) is 49.6 cm³/mol. The fraction of sp³-hybridized carbons (Fsp3) is 0.222. The van der Waals surface area contributed by atoms with Crippen molar-refractivity contribution in [3.8, 4) is 0 Å². The lowest BCUT2D eigenvalue weighted by Crippen LogP contribution is -2.17. The van der Waals surface area contributed by atoms with Crippen molar-refractivity contribution in [3.05, 3.63) is 34.3 Å². The Morgan fingerprint density at radius 2 is 2.08 bits per heavy atom. The van der Waals surface area contributed by atoms with Crippen LogP contribution in [0, 0.1) is 6.92 Å². The molecule has 1 rings (SSSR count). The summed E-state index contributed by atoms with van der Waals surface area (Å²) in [6.45, 7) is 1.90. The Hall–Kier alpha value is -1.02. The van der Waals surface area contributed by atoms with Crippen LogP contribution in [0.2, 0.25) is 5.02 Å². The first kappa shape index (κ1) is 9.07. The summed E-state index contributed by atoms with van der Waals surface area (Å²) >= 11 is 5.77. The number of rotatable bonds is 1. The van der Waals surface area contributed by atoms with E-state index >= 15 is 0 Å². The molecule has 0 fully saturated rings. The van der Waals surface area contributed by atoms with Gasteiger partial charge in [-0.3, -0.25) is 4.79 Å². The van der Waals surface area contributed by atoms with Crippen molar-refractivity contribution in [3.63, 3.8) is 0 Å². The second-order valence-electron chi connectivity index (χ2n) is 2.60. The number of carbonyl (C=O) groups excluding carboxylic acids is 1. The number of halogens is 1. The van der Waals surface area contributed by atoms with Crippen molar-refractivity contribution in [1.29, 1.82) is 0 Å². The molecule has 0 radical (unpaired) electrons. The van der Waals surface area contributed by atoms with Crippen molar-refractivity contribution < 1.29 is 4.79 Å². The Morgan fingerprint density at radius 1 is 1.42 bits per heavy atom. The van der Waals surface area contributed by atoms with Crippen molar-refractivity contribution >= 4 is 17.5 Å². The minimum atomic E-state index is -0.111. The maximum atomic E-state index is 11.1. The van der Waals surface area contributed by atoms with Gasteiger partial charge in [-0.05, 0) is 30.7 Å². The van der Waals surface area contributed by atoms with E-state index in [1.54, 1.807) is 19.2 Å². The van der Waals surface area contributed by atoms with Gasteiger partial charge in [0, 0.05) is 17.6 Å². The summed E-state index contributed by atoms with van der Waals surface area (Å²) in [7, 11) is 1.60. The first-order valence-electron chi connectivity index (χ1n) is 3.63. The molecule has 2 nitrogen and oxygen atoms in total. The monoisotopic (exact) mass is 183 g/mol. The zero-order chi connectivity index (χ0) is 9.14. The van der Waals surface area contributed by atoms with E-state index in [0.717, 1.165) is 5.56 Å². The lowest BCUT2D eigenvalue weighted by atomic mass is 10.1. The van der Waals surface area contributed by atoms with Gasteiger partial charge in [0.15, 0.2) is 0 Å². The molecule has 64 valence electrons. The van der Waals surface area contributed by atoms with Gasteiger partial charge in [0.2, 0.25) is 0 Å². The van der Waals surface area contributed by atoms with Crippen molar-refractivity contribution in [1.82, 2.24) is 5.32 Å². The molecular formula is C9H10ClNO. The van der Waals surface area contributed by atoms with Crippen LogP contribution in [-0.2, 0) is 0 Å². The summed E-state index contributed by atoms with van der Waals surface area (Å²) in [5.41, 5.74) is 1.59. The molecule has 0 aliphatic heterocycles. The van der Waals surface area contributed by atoms with Crippen molar-refractivity contribution in [2.75, 3.05) is 7.05 Å². The van der Waals surface area contributed by atoms with Gasteiger partial charge >= 0.3 is 0 Å². The van der Waals surface area contributed by atoms with Crippen LogP contribution >= 0.6 is 11.6 Å². The average molecular weight is 184 g/mol. The van der Waals surface area contributed by atoms with Crippen molar-refractivity contribution in [2.24, 2.45) is 0 Å². The molecule has 0 atom stereocenters. The van der Waals surface area contributed by atoms with E-state index in [-0.39, 0.29) is 5.91 Å². The Morgan fingerprint density at radius 3 is 2.58 bits per heavy atom. The van der Waals surface area contributed by atoms with Gasteiger partial charge in [-0.1, -0.05) is 11.6 Å². The normalized spacial score (nSPS) is 9.58. The largest absolute Gasteiger partial charge is 0.355 e. The van der Waals surface area contributed by atoms with Crippen LogP contribution in [0.5, 0.6) is 0 Å². The van der Waals surface area contributed by atoms with Crippen LogP contribution in [0.15, 0.2) is 18.2 Å². The smallest absolute Gasteiger partial charge is 0.251 e. The molecule has 0 aliphatic rings. The molecule has 3 heteroatoms. The van der Waals surface area contributed by atoms with Crippen molar-refractivity contribution in [2.45, 2.75) is 6.92 Å². The number of benzene rings is 1. The first-order valence-corrected chi connectivity index (χ1v) is 4.00. The number of hydrogen-bond acceptors (Lipinski definition) is 1. The summed E-state index contributed by atoms with van der Waals surface area (Å²) < 4.78 is 0. The zero-order valence-electron chi connectivity index (χ0n) is 7.02. The van der Waals surface area contributed by atoms with Gasteiger partial charge in [0.25, 0.3) is 5.91 Å². The summed E-state index contributed by atoms with van der Waals surface area (Å²) in [6, 6.07) is 5.26. The maximum absolute atomic E-state index is 11.1. The minimum Gasteiger partial charge on any atom is -0.355 e. The van der Waals surface area contributed by atoms with Crippen LogP contribution < -0.4 is 5.32 Å². The van der Waals surface area contributed by atoms with Crippen LogP contribution in [-0.4, -0.2) is 13.0 Å². The maximum Gasteiger partial charge on any atom is 0.251 e. The molecule has 0 spiro atoms. The molecule has 0 aromatic heterocycles. The molecule has 0 saturated carbocycles. The SMILES string of the molecule is CNC(=O)c1cc(C)cc(Cl)c1. The molecular weight excluding hydrogens is 174 g/mol. The fourth-order valence-corrected chi connectivity index (χ4v) is 1.30. The summed E-state index contributed by atoms with van der Waals surface area (Å²) in [6.07, 6.45) is 0. The van der Waals surface area contributed by atoms with Crippen LogP contribution in [0.4, 0.5) is 0 Å². The number of nitrogens with one attached hydrogen (secondary N) is 1. The van der Waals surface area contributed by atoms with E-state index in [4.69, 9.17) is 11.6 Å². The minimum absolute atomic E-state index is 0.111. The third-order valence-electron chi connectivity index (χ3n) is 1.53. The quantitative estimate of drug-likeness (QED) is 0.709. The number of aryl methyl sites for hydroxylation is 1. The van der Waals surface area contributed by atoms with Gasteiger partial charge < -0.3 is 5.32 Å². The van der Waals surface area contributed by atoms with Gasteiger partial charge in [0.1, 0.15) is 0 Å². The molecule has 1 N–H and O–H groups in total. The van der Waals surface area contributed by atoms with Gasteiger partial charge in [-0.15, -0.1) is 0 Å². The summed E-state index contributed by atoms with van der Waals surface area (Å²) in [4.78, 5) is 11.1. The molecule has 1 aromatic carbocycles. The highest BCUT2D eigenvalue weighted by Crippen LogP contribution is 2.14. The number of hydrogen-bond donors (Lipinski definition) is 1. The average Bonchev–Trinajstić information content (AvgIpc) is 2.01. The van der Waals surface area contributed by atoms with E-state index in [1.165, 1.54) is 0 Å². The zero-order valence-corrected chi connectivity index (χ0v) is 7.77. The van der Waals surface area contributed by atoms with Gasteiger partial charge in [-0.25, -0.2) is 0 Å². The van der Waals surface area contributed by atoms with Crippen LogP contribution in [0.25, 0.3) is 0 Å². The van der Waals surface area contributed by atoms with E-state index in [1.807, 2.05) is 13.0 Å². The molecule has 1 amide bonds. The Balaban J connectivity index is 3.08. The van der Waals surface area contributed by atoms with Crippen LogP contribution in [0.1, 0.15) is 15.9 Å². The second kappa shape index (κ2) is 3.59. The van der Waals surface area contributed by atoms with E-state index < -0.39 is 0 Å². The molecule has 12 heavy (non-hydrogen) atoms. The summed E-state index contributed by atoms with van der Waals surface area (Å²) in [5, 5.41) is 3.13. The van der Waals surface area contributed by atoms with E-state index in [0.29, 0.717) is 10.6 Å². The van der Waals surface area contributed by atoms with E-state index in [9.17, 15) is 4.79 Å². The Labute approximate surface area is 76.5 Å². The standard InChI is InChI=1S/C9H10ClNO/c1-6-3-7(9(12)11-2)5-8(10)4-6/h3-5H,1-2H3,(H,11,12). The molecule has 0 unspecified atom stereocenters. The van der Waals surface area contributed by atoms with Gasteiger partial charge in [0.05, 0.1) is 0 Å². The number of carbonyl (C=O) groups is 1. The molecule has 1 aromatic rings. The second-order valence-corrected chi connectivity index (χ2v) is 3.03. The third kappa shape index (κ3) is 1.98. The van der Waals surface area contributed by atoms with E-state index in [2.05, 4.69) is 5.32 Å². The van der Waals surface area contributed by atoms with Crippen LogP contribution in [0.3, 0.4) is 0 Å². The molecule has 0 saturated heterocycles.